The van der Waals surface area contributed by atoms with Gasteiger partial charge in [0.1, 0.15) is 4.47 Å². The first kappa shape index (κ1) is 13.8. The van der Waals surface area contributed by atoms with Gasteiger partial charge in [0.15, 0.2) is 5.76 Å². The molecule has 100 valence electrons. The lowest BCUT2D eigenvalue weighted by Crippen LogP contribution is -1.97. The summed E-state index contributed by atoms with van der Waals surface area (Å²) in [6.45, 7) is 8.03. The minimum atomic E-state index is -1.11. The van der Waals surface area contributed by atoms with Crippen LogP contribution in [0.15, 0.2) is 15.1 Å². The van der Waals surface area contributed by atoms with Gasteiger partial charge in [0, 0.05) is 5.56 Å². The minimum Gasteiger partial charge on any atom is -0.476 e. The summed E-state index contributed by atoms with van der Waals surface area (Å²) < 4.78 is 5.62. The molecule has 0 bridgehead atoms. The third-order valence-corrected chi connectivity index (χ3v) is 4.17. The van der Waals surface area contributed by atoms with Crippen LogP contribution >= 0.6 is 15.9 Å². The van der Waals surface area contributed by atoms with Gasteiger partial charge < -0.3 is 9.63 Å². The van der Waals surface area contributed by atoms with E-state index in [0.29, 0.717) is 10.2 Å². The molecule has 5 heteroatoms. The van der Waals surface area contributed by atoms with E-state index in [0.717, 1.165) is 27.8 Å². The molecule has 0 fully saturated rings. The highest BCUT2D eigenvalue weighted by atomic mass is 79.9. The van der Waals surface area contributed by atoms with E-state index in [4.69, 9.17) is 9.63 Å². The summed E-state index contributed by atoms with van der Waals surface area (Å²) in [6, 6.07) is 2.11. The zero-order valence-corrected chi connectivity index (χ0v) is 12.8. The lowest BCUT2D eigenvalue weighted by atomic mass is 9.93. The van der Waals surface area contributed by atoms with Gasteiger partial charge >= 0.3 is 5.97 Å². The fraction of sp³-hybridized carbons (Fsp3) is 0.286. The van der Waals surface area contributed by atoms with Gasteiger partial charge in [-0.05, 0) is 65.9 Å². The van der Waals surface area contributed by atoms with Crippen LogP contribution in [-0.2, 0) is 0 Å². The van der Waals surface area contributed by atoms with Crippen molar-refractivity contribution in [3.8, 4) is 11.3 Å². The summed E-state index contributed by atoms with van der Waals surface area (Å²) in [6.07, 6.45) is 0. The second kappa shape index (κ2) is 4.81. The summed E-state index contributed by atoms with van der Waals surface area (Å²) in [5.41, 5.74) is 5.21. The Kier molecular flexibility index (Phi) is 3.49. The van der Waals surface area contributed by atoms with Crippen molar-refractivity contribution in [2.45, 2.75) is 27.7 Å². The van der Waals surface area contributed by atoms with Crippen molar-refractivity contribution in [3.05, 3.63) is 38.5 Å². The van der Waals surface area contributed by atoms with Gasteiger partial charge in [-0.15, -0.1) is 0 Å². The SMILES string of the molecule is Cc1cc(C)c(C)c(-c2onc(C(=O)O)c2Br)c1C. The Morgan fingerprint density at radius 1 is 1.21 bits per heavy atom. The van der Waals surface area contributed by atoms with Crippen LogP contribution in [0.4, 0.5) is 0 Å². The predicted octanol–water partition coefficient (Wildman–Crippen LogP) is 4.04. The van der Waals surface area contributed by atoms with Crippen LogP contribution in [0.25, 0.3) is 11.3 Å². The molecule has 0 aliphatic heterocycles. The van der Waals surface area contributed by atoms with E-state index in [9.17, 15) is 4.79 Å². The quantitative estimate of drug-likeness (QED) is 0.906. The average Bonchev–Trinajstić information content (AvgIpc) is 2.70. The van der Waals surface area contributed by atoms with E-state index in [2.05, 4.69) is 27.2 Å². The smallest absolute Gasteiger partial charge is 0.359 e. The Labute approximate surface area is 119 Å². The van der Waals surface area contributed by atoms with Crippen LogP contribution in [-0.4, -0.2) is 16.2 Å². The van der Waals surface area contributed by atoms with Crippen molar-refractivity contribution >= 4 is 21.9 Å². The molecule has 0 aliphatic carbocycles. The van der Waals surface area contributed by atoms with Crippen molar-refractivity contribution in [1.29, 1.82) is 0 Å². The predicted molar refractivity (Wildman–Crippen MR) is 75.5 cm³/mol. The fourth-order valence-electron chi connectivity index (χ4n) is 2.12. The summed E-state index contributed by atoms with van der Waals surface area (Å²) in [7, 11) is 0. The monoisotopic (exact) mass is 323 g/mol. The van der Waals surface area contributed by atoms with Gasteiger partial charge in [-0.3, -0.25) is 0 Å². The van der Waals surface area contributed by atoms with E-state index >= 15 is 0 Å². The van der Waals surface area contributed by atoms with Crippen molar-refractivity contribution in [3.63, 3.8) is 0 Å². The topological polar surface area (TPSA) is 63.3 Å². The number of halogens is 1. The molecule has 0 radical (unpaired) electrons. The maximum atomic E-state index is 11.0. The van der Waals surface area contributed by atoms with Crippen LogP contribution in [0, 0.1) is 27.7 Å². The molecule has 0 saturated carbocycles. The first-order valence-corrected chi connectivity index (χ1v) is 6.60. The largest absolute Gasteiger partial charge is 0.476 e. The maximum Gasteiger partial charge on any atom is 0.359 e. The summed E-state index contributed by atoms with van der Waals surface area (Å²) in [5.74, 6) is -0.638. The zero-order chi connectivity index (χ0) is 14.3. The van der Waals surface area contributed by atoms with Crippen molar-refractivity contribution < 1.29 is 14.4 Å². The first-order chi connectivity index (χ1) is 8.84. The Morgan fingerprint density at radius 2 is 1.74 bits per heavy atom. The number of hydrogen-bond donors (Lipinski definition) is 1. The highest BCUT2D eigenvalue weighted by Gasteiger charge is 2.23. The standard InChI is InChI=1S/C14H14BrNO3/c1-6-5-7(2)9(4)10(8(6)3)13-11(15)12(14(17)18)16-19-13/h5H,1-4H3,(H,17,18). The molecule has 2 rings (SSSR count). The van der Waals surface area contributed by atoms with E-state index in [1.54, 1.807) is 0 Å². The number of hydrogen-bond acceptors (Lipinski definition) is 3. The molecule has 2 aromatic rings. The van der Waals surface area contributed by atoms with Gasteiger partial charge in [-0.1, -0.05) is 11.2 Å². The van der Waals surface area contributed by atoms with Gasteiger partial charge in [0.25, 0.3) is 0 Å². The number of rotatable bonds is 2. The number of carboxylic acid groups (broad SMARTS) is 1. The van der Waals surface area contributed by atoms with Crippen molar-refractivity contribution in [1.82, 2.24) is 5.16 Å². The molecule has 0 unspecified atom stereocenters. The fourth-order valence-corrected chi connectivity index (χ4v) is 2.64. The van der Waals surface area contributed by atoms with E-state index in [1.807, 2.05) is 27.7 Å². The Morgan fingerprint density at radius 3 is 2.16 bits per heavy atom. The molecule has 19 heavy (non-hydrogen) atoms. The van der Waals surface area contributed by atoms with E-state index in [-0.39, 0.29) is 5.69 Å². The second-order valence-corrected chi connectivity index (χ2v) is 5.41. The first-order valence-electron chi connectivity index (χ1n) is 5.80. The molecule has 0 spiro atoms. The van der Waals surface area contributed by atoms with Gasteiger partial charge in [0.05, 0.1) is 0 Å². The molecule has 1 aromatic carbocycles. The molecular weight excluding hydrogens is 310 g/mol. The van der Waals surface area contributed by atoms with Gasteiger partial charge in [-0.2, -0.15) is 0 Å². The Balaban J connectivity index is 2.76. The molecule has 1 heterocycles. The van der Waals surface area contributed by atoms with Crippen molar-refractivity contribution in [2.24, 2.45) is 0 Å². The van der Waals surface area contributed by atoms with E-state index < -0.39 is 5.97 Å². The number of carbonyl (C=O) groups is 1. The summed E-state index contributed by atoms with van der Waals surface area (Å²) in [4.78, 5) is 11.0. The number of aromatic carboxylic acids is 1. The zero-order valence-electron chi connectivity index (χ0n) is 11.2. The third-order valence-electron chi connectivity index (χ3n) is 3.43. The van der Waals surface area contributed by atoms with Crippen molar-refractivity contribution in [2.75, 3.05) is 0 Å². The Bertz CT molecular complexity index is 648. The number of nitrogens with zero attached hydrogens (tertiary/aromatic N) is 1. The molecule has 0 amide bonds. The normalized spacial score (nSPS) is 10.8. The summed E-state index contributed by atoms with van der Waals surface area (Å²) >= 11 is 3.27. The number of aryl methyl sites for hydroxylation is 2. The molecule has 0 atom stereocenters. The molecule has 0 aliphatic rings. The highest BCUT2D eigenvalue weighted by molar-refractivity contribution is 9.10. The van der Waals surface area contributed by atoms with Crippen LogP contribution < -0.4 is 0 Å². The van der Waals surface area contributed by atoms with Crippen LogP contribution in [0.1, 0.15) is 32.7 Å². The molecule has 0 saturated heterocycles. The Hall–Kier alpha value is -1.62. The number of benzene rings is 1. The highest BCUT2D eigenvalue weighted by Crippen LogP contribution is 2.37. The molecule has 1 aromatic heterocycles. The minimum absolute atomic E-state index is 0.104. The number of carboxylic acids is 1. The lowest BCUT2D eigenvalue weighted by Gasteiger charge is -2.13. The van der Waals surface area contributed by atoms with Crippen LogP contribution in [0.5, 0.6) is 0 Å². The molecule has 4 nitrogen and oxygen atoms in total. The molecule has 1 N–H and O–H groups in total. The van der Waals surface area contributed by atoms with Crippen LogP contribution in [0.3, 0.4) is 0 Å². The third kappa shape index (κ3) is 2.18. The average molecular weight is 324 g/mol. The maximum absolute atomic E-state index is 11.0. The number of aromatic nitrogens is 1. The lowest BCUT2D eigenvalue weighted by molar-refractivity contribution is 0.0685. The van der Waals surface area contributed by atoms with Gasteiger partial charge in [0.2, 0.25) is 5.69 Å². The van der Waals surface area contributed by atoms with E-state index in [1.165, 1.54) is 0 Å². The second-order valence-electron chi connectivity index (χ2n) is 4.61. The van der Waals surface area contributed by atoms with Gasteiger partial charge in [-0.25, -0.2) is 4.79 Å². The molecular formula is C14H14BrNO3. The van der Waals surface area contributed by atoms with Crippen LogP contribution in [0.2, 0.25) is 0 Å². The summed E-state index contributed by atoms with van der Waals surface area (Å²) in [5, 5.41) is 12.6.